The van der Waals surface area contributed by atoms with Crippen molar-refractivity contribution in [2.75, 3.05) is 18.9 Å². The maximum absolute atomic E-state index is 14.6. The SMILES string of the molecule is O=C1COc2ccc(cc2)C[C@@H](C(=O)NCCCS(=O)(=O)O)CC(=O)[C@H](Cc2ccccc2)NC(=O)[C@H](Cc2ccc(-c3ccccc3)cc2)NC(=O)[C@H](Cc2cccs2)C1. The summed E-state index contributed by atoms with van der Waals surface area (Å²) in [5.74, 6) is -4.26. The van der Waals surface area contributed by atoms with Crippen molar-refractivity contribution >= 4 is 50.7 Å². The van der Waals surface area contributed by atoms with Crippen molar-refractivity contribution in [2.24, 2.45) is 11.8 Å². The number of thiophene rings is 1. The molecule has 0 spiro atoms. The molecule has 2 aliphatic rings. The number of Topliss-reactive ketones (excluding diaryl/α,β-unsaturated/α-hetero) is 2. The predicted molar refractivity (Wildman–Crippen MR) is 234 cm³/mol. The van der Waals surface area contributed by atoms with E-state index in [4.69, 9.17) is 4.74 Å². The number of nitrogens with one attached hydrogen (secondary N) is 3. The first-order valence-corrected chi connectivity index (χ1v) is 22.7. The molecule has 2 bridgehead atoms. The lowest BCUT2D eigenvalue weighted by molar-refractivity contribution is -0.135. The van der Waals surface area contributed by atoms with E-state index in [2.05, 4.69) is 16.0 Å². The minimum Gasteiger partial charge on any atom is -0.486 e. The van der Waals surface area contributed by atoms with Crippen LogP contribution in [0.25, 0.3) is 11.1 Å². The summed E-state index contributed by atoms with van der Waals surface area (Å²) in [5.41, 5.74) is 4.18. The lowest BCUT2D eigenvalue weighted by Gasteiger charge is -2.26. The Morgan fingerprint density at radius 1 is 0.705 bits per heavy atom. The molecule has 1 aromatic heterocycles. The molecule has 0 radical (unpaired) electrons. The Kier molecular flexibility index (Phi) is 15.7. The van der Waals surface area contributed by atoms with Crippen LogP contribution in [0, 0.1) is 11.8 Å². The fraction of sp³-hybridized carbons (Fsp3) is 0.298. The van der Waals surface area contributed by atoms with E-state index in [1.807, 2.05) is 102 Å². The summed E-state index contributed by atoms with van der Waals surface area (Å²) < 4.78 is 37.6. The van der Waals surface area contributed by atoms with Gasteiger partial charge in [-0.1, -0.05) is 103 Å². The quantitative estimate of drug-likeness (QED) is 0.0917. The Bertz CT molecular complexity index is 2360. The number of fused-ring (bicyclic) bond motifs is 16. The molecule has 318 valence electrons. The first-order valence-electron chi connectivity index (χ1n) is 20.2. The van der Waals surface area contributed by atoms with E-state index >= 15 is 0 Å². The fourth-order valence-electron chi connectivity index (χ4n) is 7.25. The monoisotopic (exact) mass is 863 g/mol. The predicted octanol–water partition coefficient (Wildman–Crippen LogP) is 5.59. The summed E-state index contributed by atoms with van der Waals surface area (Å²) in [6.45, 7) is -0.356. The van der Waals surface area contributed by atoms with Gasteiger partial charge in [0, 0.05) is 42.5 Å². The van der Waals surface area contributed by atoms with Crippen molar-refractivity contribution in [3.8, 4) is 16.9 Å². The molecule has 3 amide bonds. The van der Waals surface area contributed by atoms with Gasteiger partial charge in [0.15, 0.2) is 11.6 Å². The van der Waals surface area contributed by atoms with Crippen molar-refractivity contribution in [1.82, 2.24) is 16.0 Å². The molecule has 4 atom stereocenters. The first kappa shape index (κ1) is 44.6. The van der Waals surface area contributed by atoms with Crippen LogP contribution >= 0.6 is 11.3 Å². The minimum atomic E-state index is -4.24. The van der Waals surface area contributed by atoms with Crippen molar-refractivity contribution in [3.05, 3.63) is 148 Å². The standard InChI is InChI=1S/C47H49N3O9S2/c51-39-28-38(29-41-13-7-23-60-41)46(54)50-43(27-34-14-18-36(19-15-34)35-11-5-2-6-12-35)47(55)49-42(26-32-9-3-1-4-10-32)44(52)30-37(45(53)48-22-8-24-61(56,57)58)25-33-16-20-40(21-17-33)59-31-39/h1-7,9-21,23,37-38,42-43H,8,22,24-31H2,(H,48,53)(H,49,55)(H,50,54)(H,56,57,58)/t37-,38+,42+,43+/m1/s1. The maximum atomic E-state index is 14.6. The molecule has 0 saturated carbocycles. The number of amides is 3. The Balaban J connectivity index is 1.33. The second-order valence-corrected chi connectivity index (χ2v) is 17.8. The van der Waals surface area contributed by atoms with E-state index in [9.17, 15) is 36.9 Å². The largest absolute Gasteiger partial charge is 0.486 e. The lowest BCUT2D eigenvalue weighted by Crippen LogP contribution is -2.54. The minimum absolute atomic E-state index is 0.0427. The Hall–Kier alpha value is -5.96. The zero-order chi connectivity index (χ0) is 43.2. The number of carbonyl (C=O) groups excluding carboxylic acids is 5. The molecule has 12 nitrogen and oxygen atoms in total. The topological polar surface area (TPSA) is 185 Å². The second kappa shape index (κ2) is 21.5. The molecular formula is C47H49N3O9S2. The van der Waals surface area contributed by atoms with E-state index in [1.165, 1.54) is 11.3 Å². The van der Waals surface area contributed by atoms with Gasteiger partial charge in [0.25, 0.3) is 10.1 Å². The van der Waals surface area contributed by atoms with Crippen LogP contribution in [0.1, 0.15) is 40.8 Å². The van der Waals surface area contributed by atoms with Crippen LogP contribution in [-0.4, -0.2) is 73.2 Å². The molecule has 0 unspecified atom stereocenters. The van der Waals surface area contributed by atoms with Gasteiger partial charge in [0.2, 0.25) is 17.7 Å². The molecule has 4 aromatic carbocycles. The van der Waals surface area contributed by atoms with Crippen molar-refractivity contribution in [2.45, 2.75) is 57.0 Å². The third kappa shape index (κ3) is 14.1. The highest BCUT2D eigenvalue weighted by Crippen LogP contribution is 2.23. The smallest absolute Gasteiger partial charge is 0.264 e. The summed E-state index contributed by atoms with van der Waals surface area (Å²) in [6, 6.07) is 34.9. The number of ketones is 2. The number of ether oxygens (including phenoxy) is 1. The summed E-state index contributed by atoms with van der Waals surface area (Å²) in [4.78, 5) is 71.3. The van der Waals surface area contributed by atoms with Crippen molar-refractivity contribution < 1.29 is 41.7 Å². The number of benzene rings is 4. The molecule has 0 aliphatic carbocycles. The third-order valence-electron chi connectivity index (χ3n) is 10.5. The Morgan fingerprint density at radius 3 is 2.02 bits per heavy atom. The molecule has 4 N–H and O–H groups in total. The fourth-order valence-corrected chi connectivity index (χ4v) is 8.55. The highest BCUT2D eigenvalue weighted by Gasteiger charge is 2.33. The van der Waals surface area contributed by atoms with Crippen LogP contribution in [0.15, 0.2) is 127 Å². The van der Waals surface area contributed by atoms with Gasteiger partial charge in [-0.25, -0.2) is 0 Å². The molecule has 14 heteroatoms. The summed E-state index contributed by atoms with van der Waals surface area (Å²) in [7, 11) is -4.24. The average molecular weight is 864 g/mol. The highest BCUT2D eigenvalue weighted by atomic mass is 32.2. The van der Waals surface area contributed by atoms with Gasteiger partial charge in [-0.3, -0.25) is 28.5 Å². The summed E-state index contributed by atoms with van der Waals surface area (Å²) in [5, 5.41) is 10.5. The number of hydrogen-bond donors (Lipinski definition) is 4. The highest BCUT2D eigenvalue weighted by molar-refractivity contribution is 7.85. The maximum Gasteiger partial charge on any atom is 0.264 e. The third-order valence-corrected chi connectivity index (χ3v) is 12.2. The van der Waals surface area contributed by atoms with Crippen LogP contribution < -0.4 is 20.7 Å². The van der Waals surface area contributed by atoms with Gasteiger partial charge in [-0.2, -0.15) is 8.42 Å². The van der Waals surface area contributed by atoms with E-state index in [0.717, 1.165) is 27.1 Å². The second-order valence-electron chi connectivity index (χ2n) is 15.2. The Labute approximate surface area is 359 Å². The molecular weight excluding hydrogens is 815 g/mol. The van der Waals surface area contributed by atoms with E-state index in [0.29, 0.717) is 11.3 Å². The molecule has 0 fully saturated rings. The van der Waals surface area contributed by atoms with Crippen molar-refractivity contribution in [3.63, 3.8) is 0 Å². The molecule has 0 saturated heterocycles. The number of carbonyl (C=O) groups is 5. The van der Waals surface area contributed by atoms with Gasteiger partial charge < -0.3 is 20.7 Å². The summed E-state index contributed by atoms with van der Waals surface area (Å²) in [6.07, 6.45) is 0.0838. The molecule has 7 rings (SSSR count). The van der Waals surface area contributed by atoms with E-state index in [1.54, 1.807) is 24.3 Å². The van der Waals surface area contributed by atoms with Gasteiger partial charge in [-0.15, -0.1) is 11.3 Å². The average Bonchev–Trinajstić information content (AvgIpc) is 3.77. The zero-order valence-electron chi connectivity index (χ0n) is 33.5. The van der Waals surface area contributed by atoms with Crippen LogP contribution in [-0.2, 0) is 59.8 Å². The van der Waals surface area contributed by atoms with Crippen molar-refractivity contribution in [1.29, 1.82) is 0 Å². The normalized spacial score (nSPS) is 19.4. The van der Waals surface area contributed by atoms with Gasteiger partial charge >= 0.3 is 0 Å². The molecule has 5 aromatic rings. The molecule has 2 aliphatic heterocycles. The molecule has 61 heavy (non-hydrogen) atoms. The van der Waals surface area contributed by atoms with E-state index < -0.39 is 63.3 Å². The van der Waals surface area contributed by atoms with Gasteiger partial charge in [0.1, 0.15) is 18.4 Å². The number of hydrogen-bond acceptors (Lipinski definition) is 9. The first-order chi connectivity index (χ1) is 29.4. The van der Waals surface area contributed by atoms with E-state index in [-0.39, 0.29) is 63.9 Å². The zero-order valence-corrected chi connectivity index (χ0v) is 35.2. The van der Waals surface area contributed by atoms with Gasteiger partial charge in [-0.05, 0) is 77.1 Å². The van der Waals surface area contributed by atoms with Crippen LogP contribution in [0.5, 0.6) is 5.75 Å². The molecule has 3 heterocycles. The van der Waals surface area contributed by atoms with Crippen LogP contribution in [0.2, 0.25) is 0 Å². The lowest BCUT2D eigenvalue weighted by atomic mass is 9.89. The Morgan fingerprint density at radius 2 is 1.34 bits per heavy atom. The number of rotatable bonds is 12. The van der Waals surface area contributed by atoms with Gasteiger partial charge in [0.05, 0.1) is 11.8 Å². The van der Waals surface area contributed by atoms with Crippen LogP contribution in [0.3, 0.4) is 0 Å². The summed E-state index contributed by atoms with van der Waals surface area (Å²) >= 11 is 1.46. The van der Waals surface area contributed by atoms with Crippen LogP contribution in [0.4, 0.5) is 0 Å².